The summed E-state index contributed by atoms with van der Waals surface area (Å²) in [6, 6.07) is 0. The molecule has 0 atom stereocenters. The van der Waals surface area contributed by atoms with Crippen LogP contribution >= 0.6 is 15.9 Å². The normalized spacial score (nSPS) is 20.8. The van der Waals surface area contributed by atoms with Crippen molar-refractivity contribution in [2.24, 2.45) is 10.8 Å². The Morgan fingerprint density at radius 3 is 2.15 bits per heavy atom. The maximum absolute atomic E-state index is 3.61. The van der Waals surface area contributed by atoms with Crippen molar-refractivity contribution in [2.75, 3.05) is 25.5 Å². The van der Waals surface area contributed by atoms with Crippen molar-refractivity contribution in [1.82, 2.24) is 4.90 Å². The second-order valence-corrected chi connectivity index (χ2v) is 6.43. The van der Waals surface area contributed by atoms with E-state index in [1.54, 1.807) is 0 Å². The van der Waals surface area contributed by atoms with Crippen LogP contribution in [0.5, 0.6) is 0 Å². The largest absolute Gasteiger partial charge is 0.305 e. The molecule has 0 aromatic rings. The minimum atomic E-state index is 0.428. The second-order valence-electron chi connectivity index (χ2n) is 5.87. The molecule has 0 N–H and O–H groups in total. The number of nitrogens with zero attached hydrogens (tertiary/aromatic N) is 1. The Morgan fingerprint density at radius 2 is 1.85 bits per heavy atom. The van der Waals surface area contributed by atoms with Crippen LogP contribution in [0.1, 0.15) is 33.6 Å². The lowest BCUT2D eigenvalue weighted by molar-refractivity contribution is 0.199. The van der Waals surface area contributed by atoms with Crippen LogP contribution in [0, 0.1) is 10.8 Å². The van der Waals surface area contributed by atoms with Crippen LogP contribution in [0.4, 0.5) is 0 Å². The van der Waals surface area contributed by atoms with Gasteiger partial charge in [0.15, 0.2) is 0 Å². The van der Waals surface area contributed by atoms with Crippen molar-refractivity contribution >= 4 is 15.9 Å². The molecule has 0 amide bonds. The topological polar surface area (TPSA) is 3.24 Å². The van der Waals surface area contributed by atoms with Crippen molar-refractivity contribution in [3.8, 4) is 0 Å². The zero-order chi connectivity index (χ0) is 10.1. The number of hydrogen-bond donors (Lipinski definition) is 0. The van der Waals surface area contributed by atoms with Crippen molar-refractivity contribution < 1.29 is 0 Å². The third-order valence-electron chi connectivity index (χ3n) is 2.59. The molecule has 1 aliphatic rings. The molecule has 1 saturated carbocycles. The fraction of sp³-hybridized carbons (Fsp3) is 1.00. The van der Waals surface area contributed by atoms with Gasteiger partial charge in [0.25, 0.3) is 0 Å². The number of rotatable bonds is 4. The van der Waals surface area contributed by atoms with Crippen molar-refractivity contribution in [2.45, 2.75) is 33.6 Å². The first-order chi connectivity index (χ1) is 5.87. The number of alkyl halides is 1. The third-order valence-corrected chi connectivity index (χ3v) is 3.78. The lowest BCUT2D eigenvalue weighted by atomic mass is 9.95. The highest BCUT2D eigenvalue weighted by Crippen LogP contribution is 2.47. The Bertz CT molecular complexity index is 167. The monoisotopic (exact) mass is 247 g/mol. The average molecular weight is 248 g/mol. The second kappa shape index (κ2) is 3.90. The molecule has 78 valence electrons. The van der Waals surface area contributed by atoms with Gasteiger partial charge < -0.3 is 4.90 Å². The molecule has 0 spiro atoms. The molecular formula is C11H22BrN. The Balaban J connectivity index is 2.29. The van der Waals surface area contributed by atoms with Gasteiger partial charge in [-0.1, -0.05) is 36.7 Å². The SMILES string of the molecule is CN(CC(C)(C)C)CC1(CBr)CC1. The molecule has 13 heavy (non-hydrogen) atoms. The van der Waals surface area contributed by atoms with Gasteiger partial charge in [-0.3, -0.25) is 0 Å². The van der Waals surface area contributed by atoms with Crippen LogP contribution in [-0.4, -0.2) is 30.4 Å². The van der Waals surface area contributed by atoms with E-state index in [-0.39, 0.29) is 0 Å². The Labute approximate surface area is 91.0 Å². The summed E-state index contributed by atoms with van der Waals surface area (Å²) >= 11 is 3.61. The smallest absolute Gasteiger partial charge is 0.0100 e. The molecular weight excluding hydrogens is 226 g/mol. The van der Waals surface area contributed by atoms with Crippen LogP contribution in [0.25, 0.3) is 0 Å². The first-order valence-corrected chi connectivity index (χ1v) is 6.24. The number of halogens is 1. The zero-order valence-electron chi connectivity index (χ0n) is 9.36. The van der Waals surface area contributed by atoms with Crippen LogP contribution in [0.2, 0.25) is 0 Å². The number of hydrogen-bond acceptors (Lipinski definition) is 1. The van der Waals surface area contributed by atoms with E-state index in [1.807, 2.05) is 0 Å². The highest BCUT2D eigenvalue weighted by molar-refractivity contribution is 9.09. The molecule has 0 aromatic heterocycles. The van der Waals surface area contributed by atoms with Gasteiger partial charge in [-0.05, 0) is 30.7 Å². The van der Waals surface area contributed by atoms with Gasteiger partial charge in [0, 0.05) is 18.4 Å². The summed E-state index contributed by atoms with van der Waals surface area (Å²) in [6.45, 7) is 9.36. The minimum Gasteiger partial charge on any atom is -0.305 e. The maximum atomic E-state index is 3.61. The predicted molar refractivity (Wildman–Crippen MR) is 62.4 cm³/mol. The Hall–Kier alpha value is 0.440. The molecule has 2 heteroatoms. The molecule has 1 aliphatic carbocycles. The quantitative estimate of drug-likeness (QED) is 0.691. The summed E-state index contributed by atoms with van der Waals surface area (Å²) in [4.78, 5) is 2.48. The Kier molecular flexibility index (Phi) is 3.45. The van der Waals surface area contributed by atoms with Gasteiger partial charge in [-0.2, -0.15) is 0 Å². The standard InChI is InChI=1S/C11H22BrN/c1-10(2,3)8-13(4)9-11(7-12)5-6-11/h5-9H2,1-4H3. The van der Waals surface area contributed by atoms with Crippen molar-refractivity contribution in [3.63, 3.8) is 0 Å². The fourth-order valence-electron chi connectivity index (χ4n) is 1.95. The maximum Gasteiger partial charge on any atom is 0.0100 e. The summed E-state index contributed by atoms with van der Waals surface area (Å²) in [5, 5.41) is 1.18. The predicted octanol–water partition coefficient (Wildman–Crippen LogP) is 3.14. The first kappa shape index (κ1) is 11.5. The molecule has 0 unspecified atom stereocenters. The van der Waals surface area contributed by atoms with Gasteiger partial charge >= 0.3 is 0 Å². The Morgan fingerprint density at radius 1 is 1.31 bits per heavy atom. The van der Waals surface area contributed by atoms with E-state index in [1.165, 1.54) is 31.3 Å². The summed E-state index contributed by atoms with van der Waals surface area (Å²) in [5.74, 6) is 0. The van der Waals surface area contributed by atoms with Gasteiger partial charge in [0.05, 0.1) is 0 Å². The molecule has 1 nitrogen and oxygen atoms in total. The van der Waals surface area contributed by atoms with Crippen LogP contribution in [-0.2, 0) is 0 Å². The van der Waals surface area contributed by atoms with Gasteiger partial charge in [0.1, 0.15) is 0 Å². The van der Waals surface area contributed by atoms with Crippen LogP contribution in [0.15, 0.2) is 0 Å². The van der Waals surface area contributed by atoms with Crippen molar-refractivity contribution in [3.05, 3.63) is 0 Å². The van der Waals surface area contributed by atoms with Crippen LogP contribution < -0.4 is 0 Å². The summed E-state index contributed by atoms with van der Waals surface area (Å²) < 4.78 is 0. The molecule has 1 rings (SSSR count). The van der Waals surface area contributed by atoms with E-state index in [2.05, 4.69) is 48.6 Å². The highest BCUT2D eigenvalue weighted by atomic mass is 79.9. The molecule has 0 aliphatic heterocycles. The molecule has 0 saturated heterocycles. The third kappa shape index (κ3) is 3.99. The van der Waals surface area contributed by atoms with E-state index in [0.29, 0.717) is 10.8 Å². The summed E-state index contributed by atoms with van der Waals surface area (Å²) in [6.07, 6.45) is 2.82. The van der Waals surface area contributed by atoms with Gasteiger partial charge in [0.2, 0.25) is 0 Å². The molecule has 0 aromatic carbocycles. The van der Waals surface area contributed by atoms with Crippen molar-refractivity contribution in [1.29, 1.82) is 0 Å². The van der Waals surface area contributed by atoms with E-state index in [9.17, 15) is 0 Å². The van der Waals surface area contributed by atoms with E-state index in [0.717, 1.165) is 0 Å². The van der Waals surface area contributed by atoms with E-state index < -0.39 is 0 Å². The van der Waals surface area contributed by atoms with Gasteiger partial charge in [-0.15, -0.1) is 0 Å². The molecule has 0 bridgehead atoms. The molecule has 0 heterocycles. The lowest BCUT2D eigenvalue weighted by Crippen LogP contribution is -2.34. The molecule has 1 fully saturated rings. The first-order valence-electron chi connectivity index (χ1n) is 5.11. The van der Waals surface area contributed by atoms with Gasteiger partial charge in [-0.25, -0.2) is 0 Å². The average Bonchev–Trinajstić information content (AvgIpc) is 2.65. The van der Waals surface area contributed by atoms with E-state index in [4.69, 9.17) is 0 Å². The lowest BCUT2D eigenvalue weighted by Gasteiger charge is -2.29. The minimum absolute atomic E-state index is 0.428. The summed E-state index contributed by atoms with van der Waals surface area (Å²) in [5.41, 5.74) is 1.05. The summed E-state index contributed by atoms with van der Waals surface area (Å²) in [7, 11) is 2.24. The fourth-order valence-corrected chi connectivity index (χ4v) is 2.69. The highest BCUT2D eigenvalue weighted by Gasteiger charge is 2.42. The van der Waals surface area contributed by atoms with Crippen LogP contribution in [0.3, 0.4) is 0 Å². The molecule has 0 radical (unpaired) electrons. The zero-order valence-corrected chi connectivity index (χ0v) is 10.9. The van der Waals surface area contributed by atoms with E-state index >= 15 is 0 Å².